The number of benzene rings is 1. The highest BCUT2D eigenvalue weighted by atomic mass is 16.5. The first-order valence-electron chi connectivity index (χ1n) is 8.13. The van der Waals surface area contributed by atoms with Gasteiger partial charge in [0.15, 0.2) is 0 Å². The van der Waals surface area contributed by atoms with E-state index < -0.39 is 6.04 Å². The van der Waals surface area contributed by atoms with Gasteiger partial charge >= 0.3 is 0 Å². The Balaban J connectivity index is 2.05. The summed E-state index contributed by atoms with van der Waals surface area (Å²) >= 11 is 0. The molecule has 1 aromatic carbocycles. The number of hydrogen-bond donors (Lipinski definition) is 1. The molecule has 2 amide bonds. The van der Waals surface area contributed by atoms with Crippen LogP contribution in [0.15, 0.2) is 36.9 Å². The fourth-order valence-corrected chi connectivity index (χ4v) is 2.66. The van der Waals surface area contributed by atoms with Gasteiger partial charge in [-0.15, -0.1) is 0 Å². The summed E-state index contributed by atoms with van der Waals surface area (Å²) in [7, 11) is 0. The minimum atomic E-state index is -0.441. The normalized spacial score (nSPS) is 16.9. The molecular formula is C18H24N2O3. The lowest BCUT2D eigenvalue weighted by Gasteiger charge is -2.23. The van der Waals surface area contributed by atoms with Crippen molar-refractivity contribution in [3.05, 3.63) is 36.9 Å². The lowest BCUT2D eigenvalue weighted by atomic mass is 10.2. The van der Waals surface area contributed by atoms with E-state index in [9.17, 15) is 9.59 Å². The van der Waals surface area contributed by atoms with Crippen molar-refractivity contribution < 1.29 is 14.3 Å². The molecule has 1 heterocycles. The molecule has 0 bridgehead atoms. The summed E-state index contributed by atoms with van der Waals surface area (Å²) in [6, 6.07) is 6.94. The molecule has 1 aromatic rings. The second-order valence-electron chi connectivity index (χ2n) is 5.58. The van der Waals surface area contributed by atoms with Crippen molar-refractivity contribution in [2.24, 2.45) is 0 Å². The molecule has 0 radical (unpaired) electrons. The number of unbranched alkanes of at least 4 members (excludes halogenated alkanes) is 1. The maximum absolute atomic E-state index is 12.5. The van der Waals surface area contributed by atoms with Crippen LogP contribution < -0.4 is 10.1 Å². The third-order valence-electron chi connectivity index (χ3n) is 3.91. The van der Waals surface area contributed by atoms with E-state index in [1.807, 2.05) is 24.3 Å². The van der Waals surface area contributed by atoms with Crippen LogP contribution in [0.4, 0.5) is 5.69 Å². The molecule has 5 heteroatoms. The molecule has 1 atom stereocenters. The molecule has 0 saturated carbocycles. The Morgan fingerprint density at radius 2 is 2.22 bits per heavy atom. The number of hydrogen-bond acceptors (Lipinski definition) is 3. The molecule has 0 aromatic heterocycles. The summed E-state index contributed by atoms with van der Waals surface area (Å²) in [5.41, 5.74) is 0.645. The van der Waals surface area contributed by atoms with E-state index in [0.29, 0.717) is 31.0 Å². The van der Waals surface area contributed by atoms with Crippen molar-refractivity contribution in [2.75, 3.05) is 18.5 Å². The van der Waals surface area contributed by atoms with Crippen molar-refractivity contribution in [3.8, 4) is 5.75 Å². The largest absolute Gasteiger partial charge is 0.491 e. The van der Waals surface area contributed by atoms with Crippen LogP contribution in [0.1, 0.15) is 32.6 Å². The minimum absolute atomic E-state index is 0.177. The van der Waals surface area contributed by atoms with Gasteiger partial charge in [-0.1, -0.05) is 32.1 Å². The zero-order valence-corrected chi connectivity index (χ0v) is 13.6. The quantitative estimate of drug-likeness (QED) is 0.621. The first-order chi connectivity index (χ1) is 11.2. The summed E-state index contributed by atoms with van der Waals surface area (Å²) in [4.78, 5) is 25.9. The smallest absolute Gasteiger partial charge is 0.247 e. The standard InChI is InChI=1S/C18H24N2O3/c1-3-5-13-23-16-11-7-6-9-14(16)19-18(22)15-10-8-12-20(15)17(21)4-2/h4,6-7,9,11,15H,2-3,5,8,10,12-13H2,1H3,(H,19,22). The van der Waals surface area contributed by atoms with Crippen LogP contribution in [0.5, 0.6) is 5.75 Å². The molecule has 0 aliphatic carbocycles. The highest BCUT2D eigenvalue weighted by Gasteiger charge is 2.33. The Hall–Kier alpha value is -2.30. The maximum Gasteiger partial charge on any atom is 0.247 e. The fraction of sp³-hybridized carbons (Fsp3) is 0.444. The summed E-state index contributed by atoms with van der Waals surface area (Å²) in [6.07, 6.45) is 4.77. The number of carbonyl (C=O) groups excluding carboxylic acids is 2. The average Bonchev–Trinajstić information content (AvgIpc) is 3.05. The molecule has 1 aliphatic heterocycles. The second kappa shape index (κ2) is 8.36. The van der Waals surface area contributed by atoms with E-state index in [1.54, 1.807) is 4.90 Å². The lowest BCUT2D eigenvalue weighted by Crippen LogP contribution is -2.42. The number of carbonyl (C=O) groups is 2. The zero-order chi connectivity index (χ0) is 16.7. The van der Waals surface area contributed by atoms with Crippen molar-refractivity contribution in [1.82, 2.24) is 4.90 Å². The van der Waals surface area contributed by atoms with Crippen LogP contribution in [-0.4, -0.2) is 35.9 Å². The summed E-state index contributed by atoms with van der Waals surface area (Å²) in [6.45, 7) is 6.81. The predicted molar refractivity (Wildman–Crippen MR) is 90.4 cm³/mol. The molecular weight excluding hydrogens is 292 g/mol. The van der Waals surface area contributed by atoms with Gasteiger partial charge in [-0.2, -0.15) is 0 Å². The number of rotatable bonds is 7. The summed E-state index contributed by atoms with van der Waals surface area (Å²) in [5, 5.41) is 2.90. The van der Waals surface area contributed by atoms with E-state index in [0.717, 1.165) is 19.3 Å². The van der Waals surface area contributed by atoms with Gasteiger partial charge in [0.2, 0.25) is 11.8 Å². The molecule has 5 nitrogen and oxygen atoms in total. The number of nitrogens with zero attached hydrogens (tertiary/aromatic N) is 1. The van der Waals surface area contributed by atoms with Gasteiger partial charge < -0.3 is 15.0 Å². The Labute approximate surface area is 137 Å². The van der Waals surface area contributed by atoms with Gasteiger partial charge in [0.1, 0.15) is 11.8 Å². The lowest BCUT2D eigenvalue weighted by molar-refractivity contribution is -0.132. The first kappa shape index (κ1) is 17.1. The number of para-hydroxylation sites is 2. The molecule has 1 saturated heterocycles. The molecule has 1 unspecified atom stereocenters. The van der Waals surface area contributed by atoms with E-state index in [2.05, 4.69) is 18.8 Å². The molecule has 1 N–H and O–H groups in total. The maximum atomic E-state index is 12.5. The van der Waals surface area contributed by atoms with Gasteiger partial charge in [-0.05, 0) is 37.5 Å². The molecule has 23 heavy (non-hydrogen) atoms. The summed E-state index contributed by atoms with van der Waals surface area (Å²) in [5.74, 6) is 0.285. The first-order valence-corrected chi connectivity index (χ1v) is 8.13. The van der Waals surface area contributed by atoms with E-state index in [4.69, 9.17) is 4.74 Å². The number of likely N-dealkylation sites (tertiary alicyclic amines) is 1. The predicted octanol–water partition coefficient (Wildman–Crippen LogP) is 2.98. The van der Waals surface area contributed by atoms with Gasteiger partial charge in [0.25, 0.3) is 0 Å². The van der Waals surface area contributed by atoms with Crippen LogP contribution in [0.25, 0.3) is 0 Å². The number of anilines is 1. The Morgan fingerprint density at radius 3 is 2.96 bits per heavy atom. The summed E-state index contributed by atoms with van der Waals surface area (Å²) < 4.78 is 5.73. The minimum Gasteiger partial charge on any atom is -0.491 e. The Morgan fingerprint density at radius 1 is 1.43 bits per heavy atom. The SMILES string of the molecule is C=CC(=O)N1CCCC1C(=O)Nc1ccccc1OCCCC. The van der Waals surface area contributed by atoms with Gasteiger partial charge in [-0.3, -0.25) is 9.59 Å². The van der Waals surface area contributed by atoms with Crippen molar-refractivity contribution in [3.63, 3.8) is 0 Å². The molecule has 1 aliphatic rings. The van der Waals surface area contributed by atoms with Crippen LogP contribution in [0, 0.1) is 0 Å². The monoisotopic (exact) mass is 316 g/mol. The van der Waals surface area contributed by atoms with Crippen LogP contribution in [-0.2, 0) is 9.59 Å². The fourth-order valence-electron chi connectivity index (χ4n) is 2.66. The third-order valence-corrected chi connectivity index (χ3v) is 3.91. The Kier molecular flexibility index (Phi) is 6.20. The second-order valence-corrected chi connectivity index (χ2v) is 5.58. The van der Waals surface area contributed by atoms with Crippen LogP contribution >= 0.6 is 0 Å². The van der Waals surface area contributed by atoms with Gasteiger partial charge in [-0.25, -0.2) is 0 Å². The van der Waals surface area contributed by atoms with Gasteiger partial charge in [0, 0.05) is 6.54 Å². The van der Waals surface area contributed by atoms with Gasteiger partial charge in [0.05, 0.1) is 12.3 Å². The zero-order valence-electron chi connectivity index (χ0n) is 13.6. The molecule has 2 rings (SSSR count). The van der Waals surface area contributed by atoms with Crippen molar-refractivity contribution in [1.29, 1.82) is 0 Å². The number of nitrogens with one attached hydrogen (secondary N) is 1. The van der Waals surface area contributed by atoms with Crippen molar-refractivity contribution in [2.45, 2.75) is 38.6 Å². The van der Waals surface area contributed by atoms with Crippen LogP contribution in [0.3, 0.4) is 0 Å². The highest BCUT2D eigenvalue weighted by molar-refractivity contribution is 6.00. The third kappa shape index (κ3) is 4.34. The van der Waals surface area contributed by atoms with E-state index in [-0.39, 0.29) is 11.8 Å². The Bertz CT molecular complexity index is 571. The van der Waals surface area contributed by atoms with Crippen molar-refractivity contribution >= 4 is 17.5 Å². The number of ether oxygens (including phenoxy) is 1. The molecule has 0 spiro atoms. The van der Waals surface area contributed by atoms with E-state index >= 15 is 0 Å². The molecule has 1 fully saturated rings. The van der Waals surface area contributed by atoms with E-state index in [1.165, 1.54) is 6.08 Å². The number of amides is 2. The highest BCUT2D eigenvalue weighted by Crippen LogP contribution is 2.26. The molecule has 124 valence electrons. The topological polar surface area (TPSA) is 58.6 Å². The average molecular weight is 316 g/mol. The van der Waals surface area contributed by atoms with Crippen LogP contribution in [0.2, 0.25) is 0 Å².